The molecule has 3 nitrogen and oxygen atoms in total. The van der Waals surface area contributed by atoms with Crippen molar-refractivity contribution >= 4 is 0 Å². The molecule has 0 saturated heterocycles. The fourth-order valence-electron chi connectivity index (χ4n) is 0.316. The molecule has 0 aliphatic rings. The predicted molar refractivity (Wildman–Crippen MR) is 76.0 cm³/mol. The predicted octanol–water partition coefficient (Wildman–Crippen LogP) is 3.90. The Morgan fingerprint density at radius 3 is 0.944 bits per heavy atom. The van der Waals surface area contributed by atoms with Gasteiger partial charge in [0.1, 0.15) is 0 Å². The second kappa shape index (κ2) is 66.2. The van der Waals surface area contributed by atoms with Crippen LogP contribution in [0.15, 0.2) is 0 Å². The third-order valence-electron chi connectivity index (χ3n) is 1.02. The summed E-state index contributed by atoms with van der Waals surface area (Å²) in [5.41, 5.74) is 0. The van der Waals surface area contributed by atoms with Crippen LogP contribution in [0.2, 0.25) is 0 Å². The van der Waals surface area contributed by atoms with Gasteiger partial charge in [-0.1, -0.05) is 26.7 Å². The molecule has 0 aromatic heterocycles. The molecular formula is C14H34O3Ti. The van der Waals surface area contributed by atoms with E-state index in [-0.39, 0.29) is 0 Å². The molecule has 112 valence electrons. The summed E-state index contributed by atoms with van der Waals surface area (Å²) in [7, 11) is 0. The van der Waals surface area contributed by atoms with Crippen LogP contribution in [0, 0.1) is 12.8 Å². The number of hydrogen-bond donors (Lipinski definition) is 2. The van der Waals surface area contributed by atoms with Crippen molar-refractivity contribution in [2.24, 2.45) is 0 Å². The normalized spacial score (nSPS) is 7.00. The molecule has 0 fully saturated rings. The van der Waals surface area contributed by atoms with Gasteiger partial charge in [0.15, 0.2) is 0 Å². The van der Waals surface area contributed by atoms with Crippen molar-refractivity contribution in [2.75, 3.05) is 13.2 Å². The number of unbranched alkanes of at least 4 members (excludes halogenated alkanes) is 2. The van der Waals surface area contributed by atoms with Crippen molar-refractivity contribution in [1.82, 2.24) is 0 Å². The van der Waals surface area contributed by atoms with E-state index < -0.39 is 0 Å². The number of aliphatic hydroxyl groups excluding tert-OH is 2. The van der Waals surface area contributed by atoms with Crippen LogP contribution in [0.5, 0.6) is 0 Å². The topological polar surface area (TPSA) is 57.5 Å². The summed E-state index contributed by atoms with van der Waals surface area (Å²) in [5.74, 6) is 0. The van der Waals surface area contributed by atoms with Gasteiger partial charge < -0.3 is 23.1 Å². The average Bonchev–Trinajstić information content (AvgIpc) is 2.36. The van der Waals surface area contributed by atoms with E-state index in [1.165, 1.54) is 0 Å². The Bertz CT molecular complexity index is 62.1. The van der Waals surface area contributed by atoms with Gasteiger partial charge >= 0.3 is 23.7 Å². The zero-order valence-electron chi connectivity index (χ0n) is 13.2. The Morgan fingerprint density at radius 2 is 0.944 bits per heavy atom. The molecule has 0 spiro atoms. The first-order chi connectivity index (χ1) is 8.66. The Kier molecular flexibility index (Phi) is 114. The molecule has 0 amide bonds. The maximum absolute atomic E-state index is 8.25. The Labute approximate surface area is 127 Å². The van der Waals surface area contributed by atoms with Crippen LogP contribution in [-0.4, -0.2) is 23.4 Å². The molecule has 0 saturated carbocycles. The van der Waals surface area contributed by atoms with Crippen molar-refractivity contribution in [1.29, 1.82) is 0 Å². The molecule has 0 bridgehead atoms. The molecule has 18 heavy (non-hydrogen) atoms. The van der Waals surface area contributed by atoms with E-state index in [1.54, 1.807) is 0 Å². The van der Waals surface area contributed by atoms with Gasteiger partial charge in [-0.25, -0.2) is 0 Å². The molecule has 0 aromatic rings. The van der Waals surface area contributed by atoms with Gasteiger partial charge in [0.2, 0.25) is 0 Å². The molecule has 0 aromatic carbocycles. The summed E-state index contributed by atoms with van der Waals surface area (Å²) in [6.45, 7) is 12.8. The van der Waals surface area contributed by atoms with Crippen LogP contribution in [0.3, 0.4) is 0 Å². The monoisotopic (exact) mass is 298 g/mol. The molecule has 0 aliphatic carbocycles. The summed E-state index contributed by atoms with van der Waals surface area (Å²) in [5, 5.41) is 16.1. The van der Waals surface area contributed by atoms with Crippen LogP contribution < -0.4 is 0 Å². The minimum absolute atomic E-state index is 0.344. The molecule has 0 aliphatic heterocycles. The molecule has 2 N–H and O–H groups in total. The molecule has 0 heterocycles. The minimum atomic E-state index is 0.344. The van der Waals surface area contributed by atoms with E-state index in [2.05, 4.69) is 13.8 Å². The second-order valence-corrected chi connectivity index (χ2v) is 3.31. The molecule has 0 atom stereocenters. The Hall–Kier alpha value is 0.434. The van der Waals surface area contributed by atoms with Crippen molar-refractivity contribution < 1.29 is 33.9 Å². The summed E-state index contributed by atoms with van der Waals surface area (Å²) < 4.78 is 8.25. The number of aliphatic hydroxyl groups is 2. The van der Waals surface area contributed by atoms with E-state index in [0.717, 1.165) is 46.1 Å². The molecule has 0 unspecified atom stereocenters. The molecule has 0 rings (SSSR count). The SMILES string of the molecule is CCCCO.CCCCO.C[CH-]C.C[CH-]C.[O]=[Ti+2]. The van der Waals surface area contributed by atoms with Gasteiger partial charge in [-0.3, -0.25) is 0 Å². The van der Waals surface area contributed by atoms with Crippen molar-refractivity contribution in [3.8, 4) is 0 Å². The quantitative estimate of drug-likeness (QED) is 0.611. The first-order valence-corrected chi connectivity index (χ1v) is 7.20. The van der Waals surface area contributed by atoms with Crippen molar-refractivity contribution in [3.63, 3.8) is 0 Å². The van der Waals surface area contributed by atoms with Gasteiger partial charge in [-0.05, 0) is 12.8 Å². The summed E-state index contributed by atoms with van der Waals surface area (Å²) >= 11 is 0.750. The summed E-state index contributed by atoms with van der Waals surface area (Å²) in [4.78, 5) is 0. The van der Waals surface area contributed by atoms with E-state index in [4.69, 9.17) is 13.5 Å². The van der Waals surface area contributed by atoms with Gasteiger partial charge in [-0.2, -0.15) is 27.7 Å². The number of rotatable bonds is 4. The van der Waals surface area contributed by atoms with Gasteiger partial charge in [0, 0.05) is 13.2 Å². The van der Waals surface area contributed by atoms with E-state index in [0.29, 0.717) is 13.2 Å². The van der Waals surface area contributed by atoms with Gasteiger partial charge in [-0.15, -0.1) is 0 Å². The standard InChI is InChI=1S/2C4H10O.2C3H7.O.Ti/c2*1-2-3-4-5;2*1-3-2;;/h2*5H,2-4H2,1H3;2*3H,1-2H3;;/q;;2*-1;;+2. The Morgan fingerprint density at radius 1 is 0.778 bits per heavy atom. The zero-order chi connectivity index (χ0) is 15.7. The fourth-order valence-corrected chi connectivity index (χ4v) is 0.316. The Balaban J connectivity index is -0.0000000409. The first kappa shape index (κ1) is 31.0. The second-order valence-electron chi connectivity index (χ2n) is 3.31. The summed E-state index contributed by atoms with van der Waals surface area (Å²) in [6.07, 6.45) is 8.08. The summed E-state index contributed by atoms with van der Waals surface area (Å²) in [6, 6.07) is 0. The van der Waals surface area contributed by atoms with Crippen LogP contribution >= 0.6 is 0 Å². The first-order valence-electron chi connectivity index (χ1n) is 6.56. The average molecular weight is 298 g/mol. The maximum atomic E-state index is 8.25. The molecule has 4 heteroatoms. The van der Waals surface area contributed by atoms with E-state index in [1.807, 2.05) is 40.5 Å². The van der Waals surface area contributed by atoms with Crippen LogP contribution in [0.25, 0.3) is 0 Å². The van der Waals surface area contributed by atoms with Crippen LogP contribution in [0.4, 0.5) is 0 Å². The van der Waals surface area contributed by atoms with Crippen LogP contribution in [-0.2, 0) is 23.7 Å². The molecule has 0 radical (unpaired) electrons. The third kappa shape index (κ3) is 199. The number of hydrogen-bond acceptors (Lipinski definition) is 3. The van der Waals surface area contributed by atoms with E-state index >= 15 is 0 Å². The zero-order valence-corrected chi connectivity index (χ0v) is 14.8. The van der Waals surface area contributed by atoms with Gasteiger partial charge in [0.25, 0.3) is 0 Å². The fraction of sp³-hybridized carbons (Fsp3) is 0.857. The van der Waals surface area contributed by atoms with Crippen molar-refractivity contribution in [3.05, 3.63) is 12.8 Å². The van der Waals surface area contributed by atoms with Crippen LogP contribution in [0.1, 0.15) is 67.2 Å². The van der Waals surface area contributed by atoms with Gasteiger partial charge in [0.05, 0.1) is 0 Å². The molecular weight excluding hydrogens is 264 g/mol. The van der Waals surface area contributed by atoms with Crippen molar-refractivity contribution in [2.45, 2.75) is 67.2 Å². The van der Waals surface area contributed by atoms with E-state index in [9.17, 15) is 0 Å². The third-order valence-corrected chi connectivity index (χ3v) is 1.02.